The Morgan fingerprint density at radius 2 is 1.31 bits per heavy atom. The summed E-state index contributed by atoms with van der Waals surface area (Å²) < 4.78 is 14.8. The molecule has 2 aromatic rings. The molecule has 4 saturated heterocycles. The topological polar surface area (TPSA) is 223 Å². The van der Waals surface area contributed by atoms with Gasteiger partial charge in [0.15, 0.2) is 0 Å². The van der Waals surface area contributed by atoms with E-state index in [1.807, 2.05) is 75.5 Å². The predicted octanol–water partition coefficient (Wildman–Crippen LogP) is 8.94. The molecule has 4 aliphatic heterocycles. The largest absolute Gasteiger partial charge is 0.458 e. The number of ketones is 2. The van der Waals surface area contributed by atoms with Crippen molar-refractivity contribution in [2.45, 2.75) is 223 Å². The SMILES string of the molecule is C#CCCN1[C@H]2C[C@@H](/C(C)=C/c3csc(SC)n3)OC(=O)C[C@H](O)C(C)(C)C(=O)[C@H](C)[C@@H](O)[C@@H](C)CCC[C@]21C.CSc1cc(/C=C(\C)[C@@H]2C[C@@H]3N[C@]3(C)CCC[C@H](C)[C@H](O)[C@@H](C)C(=O)C(C)(C)[C@@H](O)CC(=O)O2)nn1C. The molecule has 0 amide bonds. The van der Waals surface area contributed by atoms with Crippen LogP contribution in [0.4, 0.5) is 0 Å². The van der Waals surface area contributed by atoms with E-state index in [1.165, 1.54) is 0 Å². The third kappa shape index (κ3) is 16.0. The van der Waals surface area contributed by atoms with Crippen LogP contribution >= 0.6 is 34.9 Å². The summed E-state index contributed by atoms with van der Waals surface area (Å²) in [5, 5.41) is 55.0. The lowest BCUT2D eigenvalue weighted by Gasteiger charge is -2.34. The molecule has 430 valence electrons. The number of thioether (sulfide) groups is 2. The Morgan fingerprint density at radius 1 is 0.805 bits per heavy atom. The number of thiazole rings is 1. The maximum atomic E-state index is 13.4. The molecule has 4 fully saturated rings. The van der Waals surface area contributed by atoms with Gasteiger partial charge in [0, 0.05) is 73.2 Å². The van der Waals surface area contributed by atoms with Crippen LogP contribution in [-0.2, 0) is 35.7 Å². The third-order valence-corrected chi connectivity index (χ3v) is 20.4. The first-order valence-electron chi connectivity index (χ1n) is 27.6. The Hall–Kier alpha value is -3.38. The number of rotatable bonds is 8. The van der Waals surface area contributed by atoms with Crippen molar-refractivity contribution in [1.82, 2.24) is 25.0 Å². The number of hydrogen-bond acceptors (Lipinski definition) is 17. The molecule has 4 aliphatic rings. The van der Waals surface area contributed by atoms with Gasteiger partial charge in [0.1, 0.15) is 28.1 Å². The first-order valence-corrected chi connectivity index (χ1v) is 30.9. The molecule has 0 aliphatic carbocycles. The molecule has 15 nitrogen and oxygen atoms in total. The van der Waals surface area contributed by atoms with Crippen LogP contribution in [-0.4, -0.2) is 142 Å². The lowest BCUT2D eigenvalue weighted by molar-refractivity contribution is -0.156. The van der Waals surface area contributed by atoms with Crippen LogP contribution in [0.5, 0.6) is 0 Å². The molecule has 0 bridgehead atoms. The minimum absolute atomic E-state index is 0.0481. The zero-order chi connectivity index (χ0) is 57.5. The number of aliphatic hydroxyl groups excluding tert-OH is 4. The first kappa shape index (κ1) is 64.4. The van der Waals surface area contributed by atoms with Crippen molar-refractivity contribution in [3.63, 3.8) is 0 Å². The number of cyclic esters (lactones) is 2. The van der Waals surface area contributed by atoms with Gasteiger partial charge in [-0.2, -0.15) is 5.10 Å². The molecule has 0 aromatic carbocycles. The number of Topliss-reactive ketones (excluding diaryl/α,β-unsaturated/α-hetero) is 2. The summed E-state index contributed by atoms with van der Waals surface area (Å²) in [6.45, 7) is 23.0. The number of hydrogen-bond donors (Lipinski definition) is 5. The van der Waals surface area contributed by atoms with Gasteiger partial charge in [0.2, 0.25) is 0 Å². The van der Waals surface area contributed by atoms with E-state index in [2.05, 4.69) is 40.1 Å². The number of carbonyl (C=O) groups is 4. The molecule has 6 rings (SSSR count). The maximum Gasteiger partial charge on any atom is 0.309 e. The number of nitrogens with one attached hydrogen (secondary N) is 1. The second kappa shape index (κ2) is 26.9. The second-order valence-electron chi connectivity index (χ2n) is 24.2. The van der Waals surface area contributed by atoms with Crippen molar-refractivity contribution < 1.29 is 49.1 Å². The number of aromatic nitrogens is 3. The van der Waals surface area contributed by atoms with Crippen LogP contribution in [0.25, 0.3) is 12.2 Å². The summed E-state index contributed by atoms with van der Waals surface area (Å²) in [4.78, 5) is 59.9. The first-order chi connectivity index (χ1) is 35.9. The van der Waals surface area contributed by atoms with Gasteiger partial charge >= 0.3 is 11.9 Å². The molecule has 5 N–H and O–H groups in total. The van der Waals surface area contributed by atoms with Gasteiger partial charge in [-0.15, -0.1) is 35.4 Å². The fourth-order valence-corrected chi connectivity index (χ4v) is 13.4. The Morgan fingerprint density at radius 3 is 1.79 bits per heavy atom. The van der Waals surface area contributed by atoms with Crippen LogP contribution in [0.15, 0.2) is 32.0 Å². The molecular formula is C59H91N5O10S3. The van der Waals surface area contributed by atoms with Crippen LogP contribution in [0, 0.1) is 46.8 Å². The molecule has 77 heavy (non-hydrogen) atoms. The van der Waals surface area contributed by atoms with Crippen molar-refractivity contribution in [1.29, 1.82) is 0 Å². The van der Waals surface area contributed by atoms with E-state index < -0.39 is 71.2 Å². The Bertz CT molecular complexity index is 2480. The van der Waals surface area contributed by atoms with Gasteiger partial charge in [0.05, 0.1) is 64.5 Å². The monoisotopic (exact) mass is 1130 g/mol. The fourth-order valence-electron chi connectivity index (χ4n) is 11.6. The van der Waals surface area contributed by atoms with Crippen molar-refractivity contribution in [3.05, 3.63) is 34.0 Å². The van der Waals surface area contributed by atoms with E-state index in [0.717, 1.165) is 77.0 Å². The summed E-state index contributed by atoms with van der Waals surface area (Å²) in [6.07, 6.45) is 14.9. The van der Waals surface area contributed by atoms with Crippen LogP contribution in [0.3, 0.4) is 0 Å². The summed E-state index contributed by atoms with van der Waals surface area (Å²) in [7, 11) is 1.90. The van der Waals surface area contributed by atoms with E-state index in [9.17, 15) is 39.6 Å². The number of esters is 2. The maximum absolute atomic E-state index is 13.4. The zero-order valence-electron chi connectivity index (χ0n) is 48.6. The minimum atomic E-state index is -1.24. The standard InChI is InChI=1S/C31H46N2O5S2.C28H45N3O5S/c1-9-10-14-33-24-16-23(20(3)15-22-18-40-29(32-22)39-8)38-26(35)17-25(34)30(5,6)28(37)21(4)27(36)19(2)12-11-13-31(24,33)7;1-16-10-9-11-28(6)21(29-28)14-20(17(2)12-19-13-23(37-8)31(7)30-19)36-24(33)15-22(32)27(4,5)26(35)18(3)25(16)34/h1,15,18-19,21,23-25,27,34,36H,10-14,16-17H2,2-8H3;12-13,16,18,20-22,25,29,32,34H,9-11,14-15H2,1-8H3/b20-15+;17-12+/t19-,21+,23-,24-,25-,27-,31+,33?;16-,18+,20-,21-,22-,25-,28+/m00/s1. The number of aryl methyl sites for hydroxylation is 1. The summed E-state index contributed by atoms with van der Waals surface area (Å²) in [6, 6.07) is 2.36. The van der Waals surface area contributed by atoms with Gasteiger partial charge in [-0.05, 0) is 107 Å². The quantitative estimate of drug-likeness (QED) is 0.0720. The van der Waals surface area contributed by atoms with E-state index in [1.54, 1.807) is 76.4 Å². The van der Waals surface area contributed by atoms with E-state index >= 15 is 0 Å². The normalized spacial score (nSPS) is 36.0. The summed E-state index contributed by atoms with van der Waals surface area (Å²) in [5.41, 5.74) is 0.812. The van der Waals surface area contributed by atoms with E-state index in [0.29, 0.717) is 19.3 Å². The average molecular weight is 1130 g/mol. The number of nitrogens with zero attached hydrogens (tertiary/aromatic N) is 4. The molecule has 15 atom stereocenters. The molecule has 2 aromatic heterocycles. The van der Waals surface area contributed by atoms with E-state index in [4.69, 9.17) is 15.9 Å². The van der Waals surface area contributed by atoms with Gasteiger partial charge in [-0.3, -0.25) is 28.8 Å². The predicted molar refractivity (Wildman–Crippen MR) is 308 cm³/mol. The molecule has 0 saturated carbocycles. The lowest BCUT2D eigenvalue weighted by Crippen LogP contribution is -2.45. The van der Waals surface area contributed by atoms with Crippen LogP contribution in [0.2, 0.25) is 0 Å². The number of terminal acetylenes is 1. The third-order valence-electron chi connectivity index (χ3n) is 17.7. The Kier molecular flexibility index (Phi) is 22.5. The molecule has 0 spiro atoms. The minimum Gasteiger partial charge on any atom is -0.458 e. The van der Waals surface area contributed by atoms with Crippen LogP contribution < -0.4 is 5.32 Å². The average Bonchev–Trinajstić information content (AvgIpc) is 3.96. The molecule has 0 radical (unpaired) electrons. The van der Waals surface area contributed by atoms with Crippen molar-refractivity contribution in [2.75, 3.05) is 19.1 Å². The molecular weight excluding hydrogens is 1030 g/mol. The van der Waals surface area contributed by atoms with Gasteiger partial charge in [-0.25, -0.2) is 4.98 Å². The van der Waals surface area contributed by atoms with Crippen LogP contribution in [0.1, 0.15) is 165 Å². The van der Waals surface area contributed by atoms with Gasteiger partial charge in [-0.1, -0.05) is 80.0 Å². The number of aliphatic hydroxyl groups is 4. The fraction of sp³-hybridized carbons (Fsp3) is 0.729. The Labute approximate surface area is 472 Å². The van der Waals surface area contributed by atoms with Gasteiger partial charge < -0.3 is 35.2 Å². The molecule has 1 unspecified atom stereocenters. The number of carbonyl (C=O) groups excluding carboxylic acids is 4. The smallest absolute Gasteiger partial charge is 0.309 e. The van der Waals surface area contributed by atoms with Crippen molar-refractivity contribution in [3.8, 4) is 12.3 Å². The highest BCUT2D eigenvalue weighted by molar-refractivity contribution is 8.00. The summed E-state index contributed by atoms with van der Waals surface area (Å²) in [5.74, 6) is -0.293. The zero-order valence-corrected chi connectivity index (χ0v) is 51.0. The second-order valence-corrected chi connectivity index (χ2v) is 27.0. The number of fused-ring (bicyclic) bond motifs is 2. The highest BCUT2D eigenvalue weighted by atomic mass is 32.2. The molecule has 6 heterocycles. The molecule has 18 heteroatoms. The summed E-state index contributed by atoms with van der Waals surface area (Å²) >= 11 is 4.78. The highest BCUT2D eigenvalue weighted by Gasteiger charge is 2.58. The van der Waals surface area contributed by atoms with Crippen molar-refractivity contribution in [2.24, 2.45) is 41.5 Å². The van der Waals surface area contributed by atoms with E-state index in [-0.39, 0.29) is 59.4 Å². The lowest BCUT2D eigenvalue weighted by atomic mass is 9.73. The van der Waals surface area contributed by atoms with Gasteiger partial charge in [0.25, 0.3) is 0 Å². The number of ether oxygens (including phenoxy) is 2. The highest BCUT2D eigenvalue weighted by Crippen LogP contribution is 2.49. The van der Waals surface area contributed by atoms with Crippen molar-refractivity contribution >= 4 is 70.5 Å². The Balaban J connectivity index is 0.000000285.